The summed E-state index contributed by atoms with van der Waals surface area (Å²) in [5, 5.41) is 5.36. The highest BCUT2D eigenvalue weighted by atomic mass is 16.5. The summed E-state index contributed by atoms with van der Waals surface area (Å²) in [6, 6.07) is 24.7. The highest BCUT2D eigenvalue weighted by Gasteiger charge is 2.29. The van der Waals surface area contributed by atoms with Gasteiger partial charge in [-0.25, -0.2) is 4.79 Å². The van der Waals surface area contributed by atoms with Gasteiger partial charge in [-0.2, -0.15) is 0 Å². The summed E-state index contributed by atoms with van der Waals surface area (Å²) in [5.74, 6) is -0.314. The van der Waals surface area contributed by atoms with Gasteiger partial charge in [0.15, 0.2) is 0 Å². The van der Waals surface area contributed by atoms with Gasteiger partial charge in [0, 0.05) is 11.6 Å². The van der Waals surface area contributed by atoms with Crippen LogP contribution in [-0.4, -0.2) is 24.6 Å². The summed E-state index contributed by atoms with van der Waals surface area (Å²) in [4.78, 5) is 24.5. The Bertz CT molecular complexity index is 988. The molecule has 4 rings (SSSR count). The van der Waals surface area contributed by atoms with Gasteiger partial charge in [0.25, 0.3) is 0 Å². The predicted molar refractivity (Wildman–Crippen MR) is 113 cm³/mol. The first-order chi connectivity index (χ1) is 14.1. The second kappa shape index (κ2) is 8.19. The number of para-hydroxylation sites is 1. The zero-order valence-corrected chi connectivity index (χ0v) is 16.1. The molecule has 0 bridgehead atoms. The maximum Gasteiger partial charge on any atom is 0.407 e. The number of rotatable bonds is 5. The number of alkyl carbamates (subject to hydrolysis) is 1. The molecule has 0 saturated carbocycles. The van der Waals surface area contributed by atoms with Crippen molar-refractivity contribution >= 4 is 17.7 Å². The lowest BCUT2D eigenvalue weighted by Crippen LogP contribution is -2.42. The number of carbonyl (C=O) groups excluding carboxylic acids is 2. The molecule has 0 aliphatic heterocycles. The van der Waals surface area contributed by atoms with E-state index in [9.17, 15) is 9.59 Å². The van der Waals surface area contributed by atoms with E-state index < -0.39 is 12.1 Å². The summed E-state index contributed by atoms with van der Waals surface area (Å²) < 4.78 is 5.48. The number of anilines is 1. The van der Waals surface area contributed by atoms with Crippen molar-refractivity contribution in [2.75, 3.05) is 11.9 Å². The SMILES string of the molecule is C[C@@H](NC(=O)OCC1c2ccccc2-c2ccccc21)C(=O)Nc1ccccc1. The summed E-state index contributed by atoms with van der Waals surface area (Å²) in [7, 11) is 0. The Hall–Kier alpha value is -3.60. The number of carbonyl (C=O) groups is 2. The number of ether oxygens (including phenoxy) is 1. The zero-order valence-electron chi connectivity index (χ0n) is 16.1. The third-order valence-corrected chi connectivity index (χ3v) is 5.11. The minimum absolute atomic E-state index is 0.0124. The van der Waals surface area contributed by atoms with Crippen molar-refractivity contribution in [3.63, 3.8) is 0 Å². The third kappa shape index (κ3) is 3.99. The molecule has 1 atom stereocenters. The van der Waals surface area contributed by atoms with Gasteiger partial charge in [0.05, 0.1) is 0 Å². The number of benzene rings is 3. The van der Waals surface area contributed by atoms with Crippen LogP contribution in [0.2, 0.25) is 0 Å². The number of hydrogen-bond donors (Lipinski definition) is 2. The van der Waals surface area contributed by atoms with Gasteiger partial charge in [-0.1, -0.05) is 66.7 Å². The van der Waals surface area contributed by atoms with E-state index in [4.69, 9.17) is 4.74 Å². The molecular formula is C24H22N2O3. The molecule has 0 fully saturated rings. The van der Waals surface area contributed by atoms with Gasteiger partial charge in [-0.3, -0.25) is 4.79 Å². The number of fused-ring (bicyclic) bond motifs is 3. The quantitative estimate of drug-likeness (QED) is 0.676. The average molecular weight is 386 g/mol. The molecule has 5 heteroatoms. The van der Waals surface area contributed by atoms with Crippen LogP contribution >= 0.6 is 0 Å². The van der Waals surface area contributed by atoms with Crippen molar-refractivity contribution < 1.29 is 14.3 Å². The smallest absolute Gasteiger partial charge is 0.407 e. The molecule has 29 heavy (non-hydrogen) atoms. The topological polar surface area (TPSA) is 67.4 Å². The van der Waals surface area contributed by atoms with Gasteiger partial charge in [-0.15, -0.1) is 0 Å². The minimum Gasteiger partial charge on any atom is -0.449 e. The molecule has 2 amide bonds. The Labute approximate surface area is 169 Å². The van der Waals surface area contributed by atoms with Gasteiger partial charge in [0.2, 0.25) is 5.91 Å². The fourth-order valence-electron chi connectivity index (χ4n) is 3.65. The molecule has 0 radical (unpaired) electrons. The van der Waals surface area contributed by atoms with Gasteiger partial charge < -0.3 is 15.4 Å². The molecule has 0 aromatic heterocycles. The Balaban J connectivity index is 1.37. The lowest BCUT2D eigenvalue weighted by molar-refractivity contribution is -0.117. The van der Waals surface area contributed by atoms with E-state index in [0.29, 0.717) is 5.69 Å². The standard InChI is InChI=1S/C24H22N2O3/c1-16(23(27)26-17-9-3-2-4-10-17)25-24(28)29-15-22-20-13-7-5-11-18(20)19-12-6-8-14-21(19)22/h2-14,16,22H,15H2,1H3,(H,25,28)(H,26,27)/t16-/m1/s1. The minimum atomic E-state index is -0.717. The molecule has 3 aromatic rings. The largest absolute Gasteiger partial charge is 0.449 e. The van der Waals surface area contributed by atoms with Crippen LogP contribution in [0, 0.1) is 0 Å². The normalized spacial score (nSPS) is 13.1. The van der Waals surface area contributed by atoms with Crippen LogP contribution < -0.4 is 10.6 Å². The van der Waals surface area contributed by atoms with E-state index in [2.05, 4.69) is 34.9 Å². The van der Waals surface area contributed by atoms with Crippen LogP contribution in [0.15, 0.2) is 78.9 Å². The van der Waals surface area contributed by atoms with Crippen molar-refractivity contribution in [1.82, 2.24) is 5.32 Å². The fourth-order valence-corrected chi connectivity index (χ4v) is 3.65. The van der Waals surface area contributed by atoms with E-state index in [1.54, 1.807) is 19.1 Å². The van der Waals surface area contributed by atoms with Crippen molar-refractivity contribution in [2.45, 2.75) is 18.9 Å². The van der Waals surface area contributed by atoms with Crippen molar-refractivity contribution in [3.05, 3.63) is 90.0 Å². The number of amides is 2. The highest BCUT2D eigenvalue weighted by molar-refractivity contribution is 5.96. The lowest BCUT2D eigenvalue weighted by atomic mass is 9.98. The molecule has 0 unspecified atom stereocenters. The van der Waals surface area contributed by atoms with Gasteiger partial charge >= 0.3 is 6.09 Å². The zero-order chi connectivity index (χ0) is 20.2. The summed E-state index contributed by atoms with van der Waals surface area (Å²) in [5.41, 5.74) is 5.33. The lowest BCUT2D eigenvalue weighted by Gasteiger charge is -2.17. The van der Waals surface area contributed by atoms with Crippen molar-refractivity contribution in [3.8, 4) is 11.1 Å². The second-order valence-electron chi connectivity index (χ2n) is 7.05. The van der Waals surface area contributed by atoms with E-state index in [1.807, 2.05) is 42.5 Å². The van der Waals surface area contributed by atoms with Gasteiger partial charge in [-0.05, 0) is 41.3 Å². The molecule has 146 valence electrons. The van der Waals surface area contributed by atoms with Crippen LogP contribution in [0.1, 0.15) is 24.0 Å². The van der Waals surface area contributed by atoms with Crippen LogP contribution in [0.4, 0.5) is 10.5 Å². The molecule has 3 aromatic carbocycles. The third-order valence-electron chi connectivity index (χ3n) is 5.11. The molecule has 1 aliphatic carbocycles. The molecule has 1 aliphatic rings. The Morgan fingerprint density at radius 2 is 1.41 bits per heavy atom. The predicted octanol–water partition coefficient (Wildman–Crippen LogP) is 4.55. The first-order valence-electron chi connectivity index (χ1n) is 9.61. The first kappa shape index (κ1) is 18.7. The van der Waals surface area contributed by atoms with Crippen LogP contribution in [-0.2, 0) is 9.53 Å². The average Bonchev–Trinajstić information content (AvgIpc) is 3.07. The first-order valence-corrected chi connectivity index (χ1v) is 9.61. The summed E-state index contributed by atoms with van der Waals surface area (Å²) >= 11 is 0. The van der Waals surface area contributed by atoms with Crippen LogP contribution in [0.5, 0.6) is 0 Å². The fraction of sp³-hybridized carbons (Fsp3) is 0.167. The molecule has 2 N–H and O–H groups in total. The van der Waals surface area contributed by atoms with E-state index >= 15 is 0 Å². The van der Waals surface area contributed by atoms with E-state index in [0.717, 1.165) is 11.1 Å². The maximum atomic E-state index is 12.3. The molecule has 0 spiro atoms. The Morgan fingerprint density at radius 3 is 2.03 bits per heavy atom. The monoisotopic (exact) mass is 386 g/mol. The number of nitrogens with one attached hydrogen (secondary N) is 2. The highest BCUT2D eigenvalue weighted by Crippen LogP contribution is 2.44. The Morgan fingerprint density at radius 1 is 0.862 bits per heavy atom. The van der Waals surface area contributed by atoms with Gasteiger partial charge in [0.1, 0.15) is 12.6 Å². The summed E-state index contributed by atoms with van der Waals surface area (Å²) in [6.45, 7) is 1.84. The number of hydrogen-bond acceptors (Lipinski definition) is 3. The molecule has 5 nitrogen and oxygen atoms in total. The second-order valence-corrected chi connectivity index (χ2v) is 7.05. The van der Waals surface area contributed by atoms with Crippen LogP contribution in [0.3, 0.4) is 0 Å². The van der Waals surface area contributed by atoms with E-state index in [1.165, 1.54) is 11.1 Å². The van der Waals surface area contributed by atoms with Crippen molar-refractivity contribution in [1.29, 1.82) is 0 Å². The van der Waals surface area contributed by atoms with Crippen LogP contribution in [0.25, 0.3) is 11.1 Å². The Kier molecular flexibility index (Phi) is 5.29. The molecule has 0 heterocycles. The van der Waals surface area contributed by atoms with Crippen molar-refractivity contribution in [2.24, 2.45) is 0 Å². The summed E-state index contributed by atoms with van der Waals surface area (Å²) in [6.07, 6.45) is -0.609. The molecule has 0 saturated heterocycles. The molecular weight excluding hydrogens is 364 g/mol. The maximum absolute atomic E-state index is 12.3. The van der Waals surface area contributed by atoms with E-state index in [-0.39, 0.29) is 18.4 Å².